The molecule has 10 nitrogen and oxygen atoms in total. The number of aromatic nitrogens is 5. The van der Waals surface area contributed by atoms with Gasteiger partial charge in [0.1, 0.15) is 29.4 Å². The van der Waals surface area contributed by atoms with E-state index in [2.05, 4.69) is 15.1 Å². The number of ether oxygens (including phenoxy) is 1. The van der Waals surface area contributed by atoms with Gasteiger partial charge in [0.25, 0.3) is 5.56 Å². The van der Waals surface area contributed by atoms with Crippen molar-refractivity contribution in [3.63, 3.8) is 0 Å². The number of hydrogen-bond acceptors (Lipinski definition) is 7. The number of benzene rings is 1. The fraction of sp³-hybridized carbons (Fsp3) is 0.381. The predicted octanol–water partition coefficient (Wildman–Crippen LogP) is 1.05. The van der Waals surface area contributed by atoms with E-state index in [9.17, 15) is 19.1 Å². The van der Waals surface area contributed by atoms with Crippen molar-refractivity contribution < 1.29 is 19.0 Å². The SMILES string of the molecule is Cc1ncnn1-c1cc(F)ccc1CC1COC(C)(C)c2nc(CC(N)=O)c(O)c(=O)n21. The molecule has 0 saturated heterocycles. The summed E-state index contributed by atoms with van der Waals surface area (Å²) in [6.07, 6.45) is 1.27. The maximum absolute atomic E-state index is 14.0. The van der Waals surface area contributed by atoms with Crippen LogP contribution in [0.3, 0.4) is 0 Å². The normalized spacial score (nSPS) is 17.2. The standard InChI is InChI=1S/C21H23FN6O4/c1-11-24-10-25-28(11)16-7-13(22)5-4-12(16)6-14-9-32-21(2,3)20-26-15(8-17(23)29)18(30)19(31)27(14)20/h4-5,7,10,14,30H,6,8-9H2,1-3H3,(H2,23,29). The van der Waals surface area contributed by atoms with Gasteiger partial charge in [-0.2, -0.15) is 5.10 Å². The van der Waals surface area contributed by atoms with Crippen molar-refractivity contribution >= 4 is 5.91 Å². The summed E-state index contributed by atoms with van der Waals surface area (Å²) in [7, 11) is 0. The first-order valence-electron chi connectivity index (χ1n) is 10.0. The molecule has 1 aromatic carbocycles. The Kier molecular flexibility index (Phi) is 5.29. The molecule has 0 fully saturated rings. The number of carbonyl (C=O) groups excluding carboxylic acids is 1. The van der Waals surface area contributed by atoms with Crippen LogP contribution in [0, 0.1) is 12.7 Å². The van der Waals surface area contributed by atoms with Crippen molar-refractivity contribution in [2.24, 2.45) is 5.73 Å². The minimum atomic E-state index is -0.941. The summed E-state index contributed by atoms with van der Waals surface area (Å²) in [5.74, 6) is -0.934. The van der Waals surface area contributed by atoms with Crippen molar-refractivity contribution in [2.45, 2.75) is 45.3 Å². The first-order chi connectivity index (χ1) is 15.1. The van der Waals surface area contributed by atoms with Crippen LogP contribution in [0.25, 0.3) is 5.69 Å². The molecular weight excluding hydrogens is 419 g/mol. The predicted molar refractivity (Wildman–Crippen MR) is 111 cm³/mol. The Hall–Kier alpha value is -3.60. The zero-order valence-corrected chi connectivity index (χ0v) is 17.9. The molecule has 3 aromatic rings. The molecule has 0 radical (unpaired) electrons. The molecular formula is C21H23FN6O4. The molecule has 1 atom stereocenters. The average molecular weight is 442 g/mol. The quantitative estimate of drug-likeness (QED) is 0.602. The summed E-state index contributed by atoms with van der Waals surface area (Å²) < 4.78 is 22.9. The number of fused-ring (bicyclic) bond motifs is 1. The van der Waals surface area contributed by atoms with Crippen LogP contribution in [-0.2, 0) is 28.0 Å². The molecule has 0 bridgehead atoms. The highest BCUT2D eigenvalue weighted by atomic mass is 19.1. The molecule has 0 saturated carbocycles. The Morgan fingerprint density at radius 3 is 2.81 bits per heavy atom. The Morgan fingerprint density at radius 1 is 1.41 bits per heavy atom. The van der Waals surface area contributed by atoms with Crippen LogP contribution in [0.2, 0.25) is 0 Å². The van der Waals surface area contributed by atoms with E-state index in [-0.39, 0.29) is 31.0 Å². The number of hydrogen-bond donors (Lipinski definition) is 2. The summed E-state index contributed by atoms with van der Waals surface area (Å²) in [6, 6.07) is 3.75. The smallest absolute Gasteiger partial charge is 0.296 e. The van der Waals surface area contributed by atoms with Crippen molar-refractivity contribution in [1.82, 2.24) is 24.3 Å². The zero-order chi connectivity index (χ0) is 23.2. The third-order valence-electron chi connectivity index (χ3n) is 5.49. The fourth-order valence-electron chi connectivity index (χ4n) is 3.91. The van der Waals surface area contributed by atoms with E-state index in [4.69, 9.17) is 10.5 Å². The van der Waals surface area contributed by atoms with Crippen LogP contribution in [0.4, 0.5) is 4.39 Å². The Balaban J connectivity index is 1.82. The number of halogens is 1. The van der Waals surface area contributed by atoms with E-state index in [1.165, 1.54) is 27.7 Å². The third kappa shape index (κ3) is 3.75. The number of nitrogens with two attached hydrogens (primary N) is 1. The van der Waals surface area contributed by atoms with Crippen molar-refractivity contribution in [1.29, 1.82) is 0 Å². The van der Waals surface area contributed by atoms with Crippen LogP contribution in [0.1, 0.15) is 42.8 Å². The maximum atomic E-state index is 14.0. The highest BCUT2D eigenvalue weighted by molar-refractivity contribution is 5.76. The minimum Gasteiger partial charge on any atom is -0.502 e. The molecule has 2 aromatic heterocycles. The molecule has 1 aliphatic heterocycles. The fourth-order valence-corrected chi connectivity index (χ4v) is 3.91. The lowest BCUT2D eigenvalue weighted by Crippen LogP contribution is -2.45. The molecule has 0 aliphatic carbocycles. The molecule has 1 amide bonds. The van der Waals surface area contributed by atoms with Crippen LogP contribution < -0.4 is 11.3 Å². The number of primary amides is 1. The van der Waals surface area contributed by atoms with E-state index in [0.717, 1.165) is 0 Å². The average Bonchev–Trinajstić information content (AvgIpc) is 3.14. The Labute approximate surface area is 182 Å². The van der Waals surface area contributed by atoms with Gasteiger partial charge in [0.2, 0.25) is 11.7 Å². The zero-order valence-electron chi connectivity index (χ0n) is 17.9. The lowest BCUT2D eigenvalue weighted by Gasteiger charge is -2.37. The lowest BCUT2D eigenvalue weighted by atomic mass is 9.99. The van der Waals surface area contributed by atoms with Crippen molar-refractivity contribution in [3.05, 3.63) is 63.6 Å². The van der Waals surface area contributed by atoms with Gasteiger partial charge >= 0.3 is 0 Å². The second-order valence-electron chi connectivity index (χ2n) is 8.22. The number of nitrogens with zero attached hydrogens (tertiary/aromatic N) is 5. The molecule has 4 rings (SSSR count). The number of rotatable bonds is 5. The Morgan fingerprint density at radius 2 is 2.16 bits per heavy atom. The van der Waals surface area contributed by atoms with E-state index in [0.29, 0.717) is 17.1 Å². The molecule has 3 heterocycles. The van der Waals surface area contributed by atoms with E-state index in [1.54, 1.807) is 26.8 Å². The summed E-state index contributed by atoms with van der Waals surface area (Å²) in [6.45, 7) is 5.39. The topological polar surface area (TPSA) is 138 Å². The molecule has 32 heavy (non-hydrogen) atoms. The number of amides is 1. The van der Waals surface area contributed by atoms with Gasteiger partial charge in [-0.1, -0.05) is 6.07 Å². The monoisotopic (exact) mass is 442 g/mol. The second kappa shape index (κ2) is 7.83. The molecule has 1 unspecified atom stereocenters. The van der Waals surface area contributed by atoms with Gasteiger partial charge in [-0.05, 0) is 44.9 Å². The molecule has 1 aliphatic rings. The largest absolute Gasteiger partial charge is 0.502 e. The summed E-state index contributed by atoms with van der Waals surface area (Å²) in [5, 5.41) is 14.6. The van der Waals surface area contributed by atoms with Gasteiger partial charge < -0.3 is 15.6 Å². The highest BCUT2D eigenvalue weighted by Gasteiger charge is 2.38. The van der Waals surface area contributed by atoms with Crippen LogP contribution in [0.5, 0.6) is 5.75 Å². The Bertz CT molecular complexity index is 1270. The van der Waals surface area contributed by atoms with Gasteiger partial charge in [0.05, 0.1) is 30.5 Å². The summed E-state index contributed by atoms with van der Waals surface area (Å²) in [4.78, 5) is 32.9. The van der Waals surface area contributed by atoms with Crippen LogP contribution in [-0.4, -0.2) is 41.9 Å². The molecule has 11 heteroatoms. The number of aryl methyl sites for hydroxylation is 1. The number of carbonyl (C=O) groups is 1. The third-order valence-corrected chi connectivity index (χ3v) is 5.49. The lowest BCUT2D eigenvalue weighted by molar-refractivity contribution is -0.117. The highest BCUT2D eigenvalue weighted by Crippen LogP contribution is 2.34. The van der Waals surface area contributed by atoms with Crippen molar-refractivity contribution in [2.75, 3.05) is 6.61 Å². The first kappa shape index (κ1) is 21.6. The van der Waals surface area contributed by atoms with Gasteiger partial charge in [-0.15, -0.1) is 0 Å². The van der Waals surface area contributed by atoms with Gasteiger partial charge in [-0.3, -0.25) is 14.2 Å². The van der Waals surface area contributed by atoms with E-state index >= 15 is 0 Å². The summed E-state index contributed by atoms with van der Waals surface area (Å²) >= 11 is 0. The number of aromatic hydroxyl groups is 1. The molecule has 3 N–H and O–H groups in total. The maximum Gasteiger partial charge on any atom is 0.296 e. The van der Waals surface area contributed by atoms with Gasteiger partial charge in [0, 0.05) is 0 Å². The van der Waals surface area contributed by atoms with E-state index in [1.807, 2.05) is 0 Å². The molecule has 168 valence electrons. The van der Waals surface area contributed by atoms with Gasteiger partial charge in [0.15, 0.2) is 0 Å². The minimum absolute atomic E-state index is 0.0909. The van der Waals surface area contributed by atoms with Crippen LogP contribution >= 0.6 is 0 Å². The van der Waals surface area contributed by atoms with Crippen molar-refractivity contribution in [3.8, 4) is 11.4 Å². The van der Waals surface area contributed by atoms with E-state index < -0.39 is 34.7 Å². The van der Waals surface area contributed by atoms with Crippen LogP contribution in [0.15, 0.2) is 29.3 Å². The van der Waals surface area contributed by atoms with Gasteiger partial charge in [-0.25, -0.2) is 19.0 Å². The first-order valence-corrected chi connectivity index (χ1v) is 10.0. The summed E-state index contributed by atoms with van der Waals surface area (Å²) in [5.41, 5.74) is 4.70. The molecule has 0 spiro atoms. The second-order valence-corrected chi connectivity index (χ2v) is 8.22.